The number of amides is 1. The van der Waals surface area contributed by atoms with Gasteiger partial charge < -0.3 is 19.4 Å². The molecule has 0 unspecified atom stereocenters. The van der Waals surface area contributed by atoms with Gasteiger partial charge in [-0.1, -0.05) is 12.1 Å². The van der Waals surface area contributed by atoms with Gasteiger partial charge in [-0.2, -0.15) is 0 Å². The molecule has 42 heavy (non-hydrogen) atoms. The summed E-state index contributed by atoms with van der Waals surface area (Å²) in [5.74, 6) is 0.641. The number of hydrogen-bond acceptors (Lipinski definition) is 6. The van der Waals surface area contributed by atoms with E-state index in [0.717, 1.165) is 39.6 Å². The molecule has 214 valence electrons. The fraction of sp³-hybridized carbons (Fsp3) is 0.188. The molecule has 0 radical (unpaired) electrons. The summed E-state index contributed by atoms with van der Waals surface area (Å²) in [5.41, 5.74) is 4.65. The molecule has 1 aliphatic rings. The Morgan fingerprint density at radius 2 is 1.74 bits per heavy atom. The number of nitrogens with zero attached hydrogens (tertiary/aromatic N) is 2. The van der Waals surface area contributed by atoms with Crippen molar-refractivity contribution in [3.8, 4) is 22.6 Å². The zero-order valence-corrected chi connectivity index (χ0v) is 24.1. The Bertz CT molecular complexity index is 1950. The zero-order valence-electron chi connectivity index (χ0n) is 23.3. The van der Waals surface area contributed by atoms with E-state index in [4.69, 9.17) is 9.47 Å². The molecular formula is C32H28FN3O5S. The number of aromatic amines is 1. The number of aryl methyl sites for hydroxylation is 1. The van der Waals surface area contributed by atoms with Gasteiger partial charge in [-0.3, -0.25) is 4.79 Å². The Labute approximate surface area is 242 Å². The lowest BCUT2D eigenvalue weighted by Crippen LogP contribution is -2.33. The van der Waals surface area contributed by atoms with E-state index in [1.54, 1.807) is 4.90 Å². The van der Waals surface area contributed by atoms with E-state index in [1.165, 1.54) is 44.4 Å². The number of H-pyrrole nitrogens is 1. The Hall–Kier alpha value is -4.70. The quantitative estimate of drug-likeness (QED) is 0.277. The van der Waals surface area contributed by atoms with Crippen molar-refractivity contribution in [3.05, 3.63) is 101 Å². The molecule has 0 fully saturated rings. The molecule has 8 nitrogen and oxygen atoms in total. The summed E-state index contributed by atoms with van der Waals surface area (Å²) in [5, 5.41) is 0. The largest absolute Gasteiger partial charge is 0.497 e. The molecule has 0 aliphatic carbocycles. The minimum atomic E-state index is -4.16. The lowest BCUT2D eigenvalue weighted by molar-refractivity contribution is 0.0731. The van der Waals surface area contributed by atoms with Gasteiger partial charge >= 0.3 is 0 Å². The van der Waals surface area contributed by atoms with Crippen LogP contribution < -0.4 is 9.47 Å². The zero-order chi connectivity index (χ0) is 29.6. The van der Waals surface area contributed by atoms with Crippen LogP contribution in [0.1, 0.15) is 27.3 Å². The summed E-state index contributed by atoms with van der Waals surface area (Å²) < 4.78 is 53.0. The van der Waals surface area contributed by atoms with Gasteiger partial charge in [0.05, 0.1) is 29.6 Å². The highest BCUT2D eigenvalue weighted by molar-refractivity contribution is 7.91. The smallest absolute Gasteiger partial charge is 0.254 e. The van der Waals surface area contributed by atoms with Gasteiger partial charge in [-0.05, 0) is 91.2 Å². The second-order valence-electron chi connectivity index (χ2n) is 10.2. The molecular weight excluding hydrogens is 557 g/mol. The van der Waals surface area contributed by atoms with E-state index in [2.05, 4.69) is 9.97 Å². The Kier molecular flexibility index (Phi) is 6.94. The first-order valence-electron chi connectivity index (χ1n) is 13.4. The lowest BCUT2D eigenvalue weighted by atomic mass is 10.0. The summed E-state index contributed by atoms with van der Waals surface area (Å²) in [7, 11) is -2.68. The van der Waals surface area contributed by atoms with Crippen molar-refractivity contribution in [2.75, 3.05) is 20.3 Å². The molecule has 5 aromatic rings. The molecule has 0 saturated heterocycles. The Morgan fingerprint density at radius 1 is 1.00 bits per heavy atom. The maximum Gasteiger partial charge on any atom is 0.254 e. The third-order valence-electron chi connectivity index (χ3n) is 7.50. The van der Waals surface area contributed by atoms with Crippen molar-refractivity contribution in [3.63, 3.8) is 0 Å². The van der Waals surface area contributed by atoms with Crippen molar-refractivity contribution >= 4 is 26.8 Å². The maximum atomic E-state index is 15.6. The molecule has 0 spiro atoms. The highest BCUT2D eigenvalue weighted by Crippen LogP contribution is 2.32. The van der Waals surface area contributed by atoms with Crippen molar-refractivity contribution in [2.45, 2.75) is 30.2 Å². The highest BCUT2D eigenvalue weighted by atomic mass is 32.2. The van der Waals surface area contributed by atoms with Gasteiger partial charge in [0.1, 0.15) is 34.6 Å². The summed E-state index contributed by atoms with van der Waals surface area (Å²) in [6.45, 7) is 4.13. The van der Waals surface area contributed by atoms with Crippen LogP contribution in [0.15, 0.2) is 82.6 Å². The van der Waals surface area contributed by atoms with E-state index < -0.39 is 26.5 Å². The fourth-order valence-corrected chi connectivity index (χ4v) is 6.60. The molecule has 6 rings (SSSR count). The number of ether oxygens (including phenoxy) is 2. The standard InChI is InChI=1S/C32H28FN3O5S/c1-19-26(10-13-30(31(19)33)42(38,39)25-8-6-24(40-3)7-9-25)32(37)36-14-15-41-29-12-5-21(16-23(29)18-36)22-4-11-27-28(17-22)35-20(2)34-27/h4-13,16-17H,14-15,18H2,1-3H3,(H,34,35). The maximum absolute atomic E-state index is 15.6. The van der Waals surface area contributed by atoms with Crippen LogP contribution in [-0.2, 0) is 16.4 Å². The number of halogens is 1. The van der Waals surface area contributed by atoms with Crippen molar-refractivity contribution in [1.82, 2.24) is 14.9 Å². The number of carbonyl (C=O) groups excluding carboxylic acids is 1. The predicted octanol–water partition coefficient (Wildman–Crippen LogP) is 5.86. The third-order valence-corrected chi connectivity index (χ3v) is 9.29. The van der Waals surface area contributed by atoms with Gasteiger partial charge in [0, 0.05) is 17.7 Å². The van der Waals surface area contributed by atoms with Crippen LogP contribution in [0.5, 0.6) is 11.5 Å². The fourth-order valence-electron chi connectivity index (χ4n) is 5.22. The first kappa shape index (κ1) is 27.5. The number of hydrogen-bond donors (Lipinski definition) is 1. The van der Waals surface area contributed by atoms with Crippen LogP contribution in [0.25, 0.3) is 22.2 Å². The molecule has 2 heterocycles. The molecule has 10 heteroatoms. The van der Waals surface area contributed by atoms with Crippen LogP contribution in [0.3, 0.4) is 0 Å². The second-order valence-corrected chi connectivity index (χ2v) is 12.1. The number of nitrogens with one attached hydrogen (secondary N) is 1. The van der Waals surface area contributed by atoms with Crippen LogP contribution in [0.4, 0.5) is 4.39 Å². The highest BCUT2D eigenvalue weighted by Gasteiger charge is 2.28. The molecule has 1 aromatic heterocycles. The second kappa shape index (κ2) is 10.6. The van der Waals surface area contributed by atoms with Crippen molar-refractivity contribution in [1.29, 1.82) is 0 Å². The third kappa shape index (κ3) is 4.87. The van der Waals surface area contributed by atoms with Gasteiger partial charge in [0.15, 0.2) is 0 Å². The number of rotatable bonds is 5. The summed E-state index contributed by atoms with van der Waals surface area (Å²) >= 11 is 0. The van der Waals surface area contributed by atoms with Gasteiger partial charge in [-0.15, -0.1) is 0 Å². The molecule has 0 bridgehead atoms. The summed E-state index contributed by atoms with van der Waals surface area (Å²) in [6, 6.07) is 20.1. The van der Waals surface area contributed by atoms with Crippen molar-refractivity contribution < 1.29 is 27.1 Å². The van der Waals surface area contributed by atoms with Crippen LogP contribution in [0, 0.1) is 19.7 Å². The van der Waals surface area contributed by atoms with Gasteiger partial charge in [-0.25, -0.2) is 17.8 Å². The topological polar surface area (TPSA) is 102 Å². The van der Waals surface area contributed by atoms with Gasteiger partial charge in [0.25, 0.3) is 5.91 Å². The monoisotopic (exact) mass is 585 g/mol. The number of imidazole rings is 1. The minimum Gasteiger partial charge on any atom is -0.497 e. The molecule has 1 amide bonds. The van der Waals surface area contributed by atoms with Crippen LogP contribution in [-0.4, -0.2) is 49.5 Å². The van der Waals surface area contributed by atoms with E-state index in [9.17, 15) is 13.2 Å². The molecule has 0 atom stereocenters. The van der Waals surface area contributed by atoms with E-state index in [0.29, 0.717) is 11.5 Å². The first-order chi connectivity index (χ1) is 20.2. The number of carbonyl (C=O) groups is 1. The SMILES string of the molecule is COc1ccc(S(=O)(=O)c2ccc(C(=O)N3CCOc4ccc(-c5ccc6nc(C)[nH]c6c5)cc4C3)c(C)c2F)cc1. The minimum absolute atomic E-state index is 0.0307. The van der Waals surface area contributed by atoms with Crippen LogP contribution >= 0.6 is 0 Å². The number of sulfone groups is 1. The van der Waals surface area contributed by atoms with E-state index in [1.807, 2.05) is 43.3 Å². The Morgan fingerprint density at radius 3 is 2.50 bits per heavy atom. The van der Waals surface area contributed by atoms with E-state index >= 15 is 4.39 Å². The Balaban J connectivity index is 1.29. The van der Waals surface area contributed by atoms with Crippen LogP contribution in [0.2, 0.25) is 0 Å². The normalized spacial score (nSPS) is 13.4. The van der Waals surface area contributed by atoms with Crippen molar-refractivity contribution in [2.24, 2.45) is 0 Å². The lowest BCUT2D eigenvalue weighted by Gasteiger charge is -2.22. The molecule has 1 aliphatic heterocycles. The number of fused-ring (bicyclic) bond motifs is 2. The average Bonchev–Trinajstić information content (AvgIpc) is 3.23. The average molecular weight is 586 g/mol. The summed E-state index contributed by atoms with van der Waals surface area (Å²) in [6.07, 6.45) is 0. The first-order valence-corrected chi connectivity index (χ1v) is 14.8. The number of aromatic nitrogens is 2. The number of benzene rings is 4. The van der Waals surface area contributed by atoms with E-state index in [-0.39, 0.29) is 35.7 Å². The molecule has 0 saturated carbocycles. The molecule has 4 aromatic carbocycles. The summed E-state index contributed by atoms with van der Waals surface area (Å²) in [4.78, 5) is 22.4. The predicted molar refractivity (Wildman–Crippen MR) is 156 cm³/mol. The molecule has 1 N–H and O–H groups in total. The van der Waals surface area contributed by atoms with Gasteiger partial charge in [0.2, 0.25) is 9.84 Å². The number of methoxy groups -OCH3 is 1.